The molecule has 0 saturated carbocycles. The van der Waals surface area contributed by atoms with Gasteiger partial charge < -0.3 is 10.5 Å². The molecule has 0 bridgehead atoms. The van der Waals surface area contributed by atoms with Gasteiger partial charge in [0.2, 0.25) is 0 Å². The topological polar surface area (TPSA) is 35.2 Å². The quantitative estimate of drug-likeness (QED) is 0.936. The minimum Gasteiger partial charge on any atom is -0.488 e. The van der Waals surface area contributed by atoms with Crippen LogP contribution >= 0.6 is 15.9 Å². The summed E-state index contributed by atoms with van der Waals surface area (Å²) in [6.07, 6.45) is 0. The van der Waals surface area contributed by atoms with Crippen molar-refractivity contribution in [1.29, 1.82) is 0 Å². The van der Waals surface area contributed by atoms with Gasteiger partial charge in [0.05, 0.1) is 0 Å². The Kier molecular flexibility index (Phi) is 4.33. The van der Waals surface area contributed by atoms with Gasteiger partial charge in [-0.15, -0.1) is 0 Å². The number of benzene rings is 2. The normalized spacial score (nSPS) is 10.4. The van der Waals surface area contributed by atoms with Crippen molar-refractivity contribution >= 4 is 15.9 Å². The number of ether oxygens (including phenoxy) is 1. The maximum absolute atomic E-state index is 13.4. The van der Waals surface area contributed by atoms with Gasteiger partial charge >= 0.3 is 0 Å². The second-order valence-corrected chi connectivity index (χ2v) is 4.75. The average molecular weight is 310 g/mol. The molecule has 0 unspecified atom stereocenters. The number of rotatable bonds is 4. The zero-order valence-corrected chi connectivity index (χ0v) is 11.3. The van der Waals surface area contributed by atoms with Gasteiger partial charge in [0.1, 0.15) is 18.2 Å². The molecule has 0 saturated heterocycles. The smallest absolute Gasteiger partial charge is 0.129 e. The van der Waals surface area contributed by atoms with Crippen LogP contribution in [0.15, 0.2) is 46.9 Å². The van der Waals surface area contributed by atoms with Crippen molar-refractivity contribution in [3.05, 3.63) is 63.9 Å². The van der Waals surface area contributed by atoms with Crippen molar-refractivity contribution < 1.29 is 9.13 Å². The lowest BCUT2D eigenvalue weighted by molar-refractivity contribution is 0.296. The molecule has 0 heterocycles. The van der Waals surface area contributed by atoms with Crippen LogP contribution in [0.5, 0.6) is 5.75 Å². The summed E-state index contributed by atoms with van der Waals surface area (Å²) in [5.74, 6) is 0.414. The minimum atomic E-state index is -0.262. The molecule has 0 aliphatic heterocycles. The Labute approximate surface area is 114 Å². The third-order valence-corrected chi connectivity index (χ3v) is 3.08. The third-order valence-electron chi connectivity index (χ3n) is 2.59. The van der Waals surface area contributed by atoms with Gasteiger partial charge in [-0.2, -0.15) is 0 Å². The van der Waals surface area contributed by atoms with E-state index in [1.54, 1.807) is 18.2 Å². The van der Waals surface area contributed by atoms with E-state index < -0.39 is 0 Å². The van der Waals surface area contributed by atoms with E-state index in [1.165, 1.54) is 6.07 Å². The first-order chi connectivity index (χ1) is 8.70. The second kappa shape index (κ2) is 5.98. The maximum atomic E-state index is 13.4. The first kappa shape index (κ1) is 13.1. The monoisotopic (exact) mass is 309 g/mol. The largest absolute Gasteiger partial charge is 0.488 e. The molecular formula is C14H13BrFNO. The van der Waals surface area contributed by atoms with Gasteiger partial charge in [0.15, 0.2) is 0 Å². The van der Waals surface area contributed by atoms with Crippen molar-refractivity contribution in [2.75, 3.05) is 0 Å². The average Bonchev–Trinajstić information content (AvgIpc) is 2.38. The number of halogens is 2. The van der Waals surface area contributed by atoms with Crippen LogP contribution in [0.3, 0.4) is 0 Å². The Hall–Kier alpha value is -1.39. The summed E-state index contributed by atoms with van der Waals surface area (Å²) in [4.78, 5) is 0. The molecular weight excluding hydrogens is 297 g/mol. The highest BCUT2D eigenvalue weighted by Crippen LogP contribution is 2.24. The first-order valence-electron chi connectivity index (χ1n) is 5.55. The molecule has 0 fully saturated rings. The molecule has 0 aromatic heterocycles. The van der Waals surface area contributed by atoms with Gasteiger partial charge in [-0.3, -0.25) is 0 Å². The van der Waals surface area contributed by atoms with Gasteiger partial charge in [-0.25, -0.2) is 4.39 Å². The SMILES string of the molecule is NCc1ccc(Br)cc1OCc1ccccc1F. The second-order valence-electron chi connectivity index (χ2n) is 3.84. The highest BCUT2D eigenvalue weighted by molar-refractivity contribution is 9.10. The van der Waals surface area contributed by atoms with Crippen molar-refractivity contribution in [1.82, 2.24) is 0 Å². The van der Waals surface area contributed by atoms with Crippen molar-refractivity contribution in [2.24, 2.45) is 5.73 Å². The summed E-state index contributed by atoms with van der Waals surface area (Å²) in [7, 11) is 0. The van der Waals surface area contributed by atoms with E-state index in [9.17, 15) is 4.39 Å². The lowest BCUT2D eigenvalue weighted by atomic mass is 10.2. The van der Waals surface area contributed by atoms with Crippen LogP contribution in [-0.4, -0.2) is 0 Å². The van der Waals surface area contributed by atoms with Crippen molar-refractivity contribution in [3.8, 4) is 5.75 Å². The fourth-order valence-electron chi connectivity index (χ4n) is 1.60. The van der Waals surface area contributed by atoms with Crippen LogP contribution in [0.25, 0.3) is 0 Å². The zero-order valence-electron chi connectivity index (χ0n) is 9.70. The molecule has 0 amide bonds. The first-order valence-corrected chi connectivity index (χ1v) is 6.34. The molecule has 94 valence electrons. The van der Waals surface area contributed by atoms with Crippen LogP contribution in [0.2, 0.25) is 0 Å². The minimum absolute atomic E-state index is 0.191. The van der Waals surface area contributed by atoms with Gasteiger partial charge in [-0.05, 0) is 18.2 Å². The predicted molar refractivity (Wildman–Crippen MR) is 72.8 cm³/mol. The molecule has 2 aromatic rings. The summed E-state index contributed by atoms with van der Waals surface area (Å²) in [6, 6.07) is 12.2. The highest BCUT2D eigenvalue weighted by atomic mass is 79.9. The van der Waals surface area contributed by atoms with Gasteiger partial charge in [0, 0.05) is 22.1 Å². The molecule has 0 aliphatic rings. The third kappa shape index (κ3) is 3.09. The van der Waals surface area contributed by atoms with E-state index in [2.05, 4.69) is 15.9 Å². The molecule has 0 atom stereocenters. The highest BCUT2D eigenvalue weighted by Gasteiger charge is 2.06. The predicted octanol–water partition coefficient (Wildman–Crippen LogP) is 3.63. The van der Waals surface area contributed by atoms with Crippen LogP contribution in [-0.2, 0) is 13.2 Å². The van der Waals surface area contributed by atoms with Crippen molar-refractivity contribution in [2.45, 2.75) is 13.2 Å². The van der Waals surface area contributed by atoms with Crippen LogP contribution in [0.1, 0.15) is 11.1 Å². The van der Waals surface area contributed by atoms with Crippen LogP contribution in [0, 0.1) is 5.82 Å². The summed E-state index contributed by atoms with van der Waals surface area (Å²) < 4.78 is 20.0. The van der Waals surface area contributed by atoms with Crippen LogP contribution in [0.4, 0.5) is 4.39 Å². The molecule has 4 heteroatoms. The Bertz CT molecular complexity index is 545. The summed E-state index contributed by atoms with van der Waals surface area (Å²) in [5.41, 5.74) is 7.06. The fourth-order valence-corrected chi connectivity index (χ4v) is 1.94. The lowest BCUT2D eigenvalue weighted by Crippen LogP contribution is -2.03. The Balaban J connectivity index is 2.15. The molecule has 2 N–H and O–H groups in total. The summed E-state index contributed by atoms with van der Waals surface area (Å²) in [5, 5.41) is 0. The lowest BCUT2D eigenvalue weighted by Gasteiger charge is -2.11. The van der Waals surface area contributed by atoms with E-state index in [0.717, 1.165) is 10.0 Å². The van der Waals surface area contributed by atoms with E-state index >= 15 is 0 Å². The van der Waals surface area contributed by atoms with Crippen molar-refractivity contribution in [3.63, 3.8) is 0 Å². The van der Waals surface area contributed by atoms with E-state index in [1.807, 2.05) is 18.2 Å². The molecule has 0 radical (unpaired) electrons. The van der Waals surface area contributed by atoms with E-state index in [-0.39, 0.29) is 12.4 Å². The molecule has 18 heavy (non-hydrogen) atoms. The number of hydrogen-bond donors (Lipinski definition) is 1. The summed E-state index contributed by atoms with van der Waals surface area (Å²) in [6.45, 7) is 0.579. The summed E-state index contributed by atoms with van der Waals surface area (Å²) >= 11 is 3.37. The molecule has 2 rings (SSSR count). The van der Waals surface area contributed by atoms with Gasteiger partial charge in [0.25, 0.3) is 0 Å². The molecule has 0 aliphatic carbocycles. The fraction of sp³-hybridized carbons (Fsp3) is 0.143. The van der Waals surface area contributed by atoms with E-state index in [4.69, 9.17) is 10.5 Å². The molecule has 0 spiro atoms. The molecule has 2 nitrogen and oxygen atoms in total. The Morgan fingerprint density at radius 3 is 2.61 bits per heavy atom. The zero-order chi connectivity index (χ0) is 13.0. The Morgan fingerprint density at radius 2 is 1.89 bits per heavy atom. The Morgan fingerprint density at radius 1 is 1.11 bits per heavy atom. The standard InChI is InChI=1S/C14H13BrFNO/c15-12-6-5-10(8-17)14(7-12)18-9-11-3-1-2-4-13(11)16/h1-7H,8-9,17H2. The number of hydrogen-bond acceptors (Lipinski definition) is 2. The van der Waals surface area contributed by atoms with Crippen LogP contribution < -0.4 is 10.5 Å². The number of nitrogens with two attached hydrogens (primary N) is 1. The van der Waals surface area contributed by atoms with Gasteiger partial charge in [-0.1, -0.05) is 40.2 Å². The molecule has 2 aromatic carbocycles. The maximum Gasteiger partial charge on any atom is 0.129 e. The van der Waals surface area contributed by atoms with E-state index in [0.29, 0.717) is 17.9 Å².